The maximum absolute atomic E-state index is 13.0. The van der Waals surface area contributed by atoms with E-state index in [9.17, 15) is 4.79 Å². The Morgan fingerprint density at radius 1 is 1.19 bits per heavy atom. The van der Waals surface area contributed by atoms with Crippen molar-refractivity contribution in [1.29, 1.82) is 0 Å². The number of para-hydroxylation sites is 1. The molecule has 4 aromatic rings. The number of fused-ring (bicyclic) bond motifs is 1. The van der Waals surface area contributed by atoms with Crippen molar-refractivity contribution >= 4 is 22.5 Å². The molecule has 0 aliphatic carbocycles. The van der Waals surface area contributed by atoms with E-state index in [0.29, 0.717) is 11.3 Å². The van der Waals surface area contributed by atoms with Gasteiger partial charge in [0.05, 0.1) is 40.5 Å². The molecule has 0 unspecified atom stereocenters. The molecule has 0 fully saturated rings. The predicted octanol–water partition coefficient (Wildman–Crippen LogP) is 3.41. The summed E-state index contributed by atoms with van der Waals surface area (Å²) in [5, 5.41) is 12.3. The lowest BCUT2D eigenvalue weighted by Crippen LogP contribution is -2.13. The van der Waals surface area contributed by atoms with Crippen molar-refractivity contribution < 1.29 is 4.79 Å². The van der Waals surface area contributed by atoms with Crippen LogP contribution in [-0.4, -0.2) is 30.5 Å². The summed E-state index contributed by atoms with van der Waals surface area (Å²) in [5.41, 5.74) is 4.54. The Bertz CT molecular complexity index is 1140. The van der Waals surface area contributed by atoms with Crippen LogP contribution in [0.15, 0.2) is 48.9 Å². The van der Waals surface area contributed by atoms with Gasteiger partial charge in [-0.15, -0.1) is 0 Å². The van der Waals surface area contributed by atoms with Gasteiger partial charge < -0.3 is 5.32 Å². The molecule has 0 atom stereocenters. The standard InChI is InChI=1S/C20H20N6O/c1-4-26-12-14(10-22-26)18-9-16(15-7-5-6-8-17(15)23-18)20(27)24-19-11-21-25(3)13(19)2/h5-12H,4H2,1-3H3,(H,24,27). The van der Waals surface area contributed by atoms with Crippen LogP contribution in [0.3, 0.4) is 0 Å². The number of rotatable bonds is 4. The molecule has 3 heterocycles. The first-order valence-corrected chi connectivity index (χ1v) is 8.79. The average Bonchev–Trinajstić information content (AvgIpc) is 3.29. The zero-order valence-electron chi connectivity index (χ0n) is 15.5. The first kappa shape index (κ1) is 17.0. The van der Waals surface area contributed by atoms with Crippen LogP contribution >= 0.6 is 0 Å². The molecule has 3 aromatic heterocycles. The maximum atomic E-state index is 13.0. The summed E-state index contributed by atoms with van der Waals surface area (Å²) in [4.78, 5) is 17.8. The summed E-state index contributed by atoms with van der Waals surface area (Å²) in [5.74, 6) is -0.186. The minimum atomic E-state index is -0.186. The number of hydrogen-bond donors (Lipinski definition) is 1. The third kappa shape index (κ3) is 3.08. The fraction of sp³-hybridized carbons (Fsp3) is 0.200. The molecule has 136 valence electrons. The third-order valence-electron chi connectivity index (χ3n) is 4.70. The minimum Gasteiger partial charge on any atom is -0.319 e. The molecular weight excluding hydrogens is 340 g/mol. The Morgan fingerprint density at radius 2 is 2.00 bits per heavy atom. The van der Waals surface area contributed by atoms with Crippen molar-refractivity contribution in [3.05, 3.63) is 60.2 Å². The second-order valence-electron chi connectivity index (χ2n) is 6.38. The van der Waals surface area contributed by atoms with E-state index < -0.39 is 0 Å². The molecule has 1 aromatic carbocycles. The summed E-state index contributed by atoms with van der Waals surface area (Å²) in [6.07, 6.45) is 5.36. The van der Waals surface area contributed by atoms with Gasteiger partial charge in [0.2, 0.25) is 0 Å². The van der Waals surface area contributed by atoms with Crippen LogP contribution in [0, 0.1) is 6.92 Å². The molecule has 0 aliphatic rings. The monoisotopic (exact) mass is 360 g/mol. The number of pyridine rings is 1. The Hall–Kier alpha value is -3.48. The number of nitrogens with zero attached hydrogens (tertiary/aromatic N) is 5. The van der Waals surface area contributed by atoms with Gasteiger partial charge >= 0.3 is 0 Å². The van der Waals surface area contributed by atoms with Gasteiger partial charge in [0.25, 0.3) is 5.91 Å². The van der Waals surface area contributed by atoms with Crippen LogP contribution in [0.5, 0.6) is 0 Å². The van der Waals surface area contributed by atoms with E-state index in [1.54, 1.807) is 17.1 Å². The maximum Gasteiger partial charge on any atom is 0.256 e. The zero-order chi connectivity index (χ0) is 19.0. The summed E-state index contributed by atoms with van der Waals surface area (Å²) in [6, 6.07) is 9.47. The van der Waals surface area contributed by atoms with Crippen LogP contribution in [-0.2, 0) is 13.6 Å². The lowest BCUT2D eigenvalue weighted by Gasteiger charge is -2.10. The van der Waals surface area contributed by atoms with Gasteiger partial charge in [0.1, 0.15) is 0 Å². The van der Waals surface area contributed by atoms with Gasteiger partial charge in [0, 0.05) is 30.7 Å². The highest BCUT2D eigenvalue weighted by Crippen LogP contribution is 2.26. The van der Waals surface area contributed by atoms with Crippen LogP contribution in [0.4, 0.5) is 5.69 Å². The van der Waals surface area contributed by atoms with Crippen LogP contribution < -0.4 is 5.32 Å². The molecule has 1 amide bonds. The van der Waals surface area contributed by atoms with Gasteiger partial charge in [-0.1, -0.05) is 18.2 Å². The Morgan fingerprint density at radius 3 is 2.70 bits per heavy atom. The normalized spacial score (nSPS) is 11.1. The van der Waals surface area contributed by atoms with E-state index in [2.05, 4.69) is 15.5 Å². The number of benzene rings is 1. The topological polar surface area (TPSA) is 77.6 Å². The van der Waals surface area contributed by atoms with E-state index in [4.69, 9.17) is 4.98 Å². The molecular formula is C20H20N6O. The van der Waals surface area contributed by atoms with E-state index in [0.717, 1.165) is 34.4 Å². The molecule has 27 heavy (non-hydrogen) atoms. The largest absolute Gasteiger partial charge is 0.319 e. The van der Waals surface area contributed by atoms with Crippen LogP contribution in [0.1, 0.15) is 23.0 Å². The highest BCUT2D eigenvalue weighted by atomic mass is 16.1. The lowest BCUT2D eigenvalue weighted by molar-refractivity contribution is 0.102. The van der Waals surface area contributed by atoms with Gasteiger partial charge in [-0.25, -0.2) is 4.98 Å². The van der Waals surface area contributed by atoms with E-state index in [-0.39, 0.29) is 5.91 Å². The van der Waals surface area contributed by atoms with Gasteiger partial charge in [-0.2, -0.15) is 10.2 Å². The average molecular weight is 360 g/mol. The number of anilines is 1. The summed E-state index contributed by atoms with van der Waals surface area (Å²) >= 11 is 0. The SMILES string of the molecule is CCn1cc(-c2cc(C(=O)Nc3cnn(C)c3C)c3ccccc3n2)cn1. The van der Waals surface area contributed by atoms with Crippen LogP contribution in [0.2, 0.25) is 0 Å². The number of aryl methyl sites for hydroxylation is 2. The Balaban J connectivity index is 1.80. The van der Waals surface area contributed by atoms with Crippen molar-refractivity contribution in [2.45, 2.75) is 20.4 Å². The number of carbonyl (C=O) groups is 1. The molecule has 0 bridgehead atoms. The van der Waals surface area contributed by atoms with Crippen molar-refractivity contribution in [3.8, 4) is 11.3 Å². The van der Waals surface area contributed by atoms with Crippen molar-refractivity contribution in [3.63, 3.8) is 0 Å². The van der Waals surface area contributed by atoms with Crippen molar-refractivity contribution in [2.24, 2.45) is 7.05 Å². The summed E-state index contributed by atoms with van der Waals surface area (Å²) in [7, 11) is 1.84. The van der Waals surface area contributed by atoms with E-state index in [1.165, 1.54) is 0 Å². The van der Waals surface area contributed by atoms with Gasteiger partial charge in [-0.3, -0.25) is 14.2 Å². The summed E-state index contributed by atoms with van der Waals surface area (Å²) in [6.45, 7) is 4.72. The molecule has 0 aliphatic heterocycles. The molecule has 1 N–H and O–H groups in total. The fourth-order valence-corrected chi connectivity index (χ4v) is 2.99. The third-order valence-corrected chi connectivity index (χ3v) is 4.70. The number of hydrogen-bond acceptors (Lipinski definition) is 4. The fourth-order valence-electron chi connectivity index (χ4n) is 2.99. The second kappa shape index (κ2) is 6.68. The number of aromatic nitrogens is 5. The highest BCUT2D eigenvalue weighted by Gasteiger charge is 2.16. The number of carbonyl (C=O) groups excluding carboxylic acids is 1. The number of nitrogens with one attached hydrogen (secondary N) is 1. The lowest BCUT2D eigenvalue weighted by atomic mass is 10.0. The Labute approximate surface area is 156 Å². The second-order valence-corrected chi connectivity index (χ2v) is 6.38. The Kier molecular flexibility index (Phi) is 4.19. The molecule has 4 rings (SSSR count). The highest BCUT2D eigenvalue weighted by molar-refractivity contribution is 6.13. The smallest absolute Gasteiger partial charge is 0.256 e. The zero-order valence-corrected chi connectivity index (χ0v) is 15.5. The van der Waals surface area contributed by atoms with Crippen LogP contribution in [0.25, 0.3) is 22.2 Å². The molecule has 0 spiro atoms. The molecule has 7 heteroatoms. The van der Waals surface area contributed by atoms with Gasteiger partial charge in [-0.05, 0) is 26.0 Å². The minimum absolute atomic E-state index is 0.186. The van der Waals surface area contributed by atoms with Crippen molar-refractivity contribution in [1.82, 2.24) is 24.5 Å². The quantitative estimate of drug-likeness (QED) is 0.605. The number of amides is 1. The first-order valence-electron chi connectivity index (χ1n) is 8.79. The molecule has 0 saturated carbocycles. The molecule has 7 nitrogen and oxygen atoms in total. The summed E-state index contributed by atoms with van der Waals surface area (Å²) < 4.78 is 3.57. The first-order chi connectivity index (χ1) is 13.1. The van der Waals surface area contributed by atoms with Crippen molar-refractivity contribution in [2.75, 3.05) is 5.32 Å². The molecule has 0 radical (unpaired) electrons. The van der Waals surface area contributed by atoms with E-state index >= 15 is 0 Å². The van der Waals surface area contributed by atoms with E-state index in [1.807, 2.05) is 62.1 Å². The van der Waals surface area contributed by atoms with Gasteiger partial charge in [0.15, 0.2) is 0 Å². The predicted molar refractivity (Wildman–Crippen MR) is 105 cm³/mol. The molecule has 0 saturated heterocycles.